The molecule has 0 aromatic carbocycles. The number of rotatable bonds is 8. The molecule has 2 saturated carbocycles. The Labute approximate surface area is 292 Å². The van der Waals surface area contributed by atoms with E-state index in [2.05, 4.69) is 27.7 Å². The zero-order valence-corrected chi connectivity index (χ0v) is 32.1. The van der Waals surface area contributed by atoms with E-state index in [0.29, 0.717) is 36.5 Å². The van der Waals surface area contributed by atoms with Gasteiger partial charge in [0, 0.05) is 31.3 Å². The van der Waals surface area contributed by atoms with Crippen LogP contribution in [0.2, 0.25) is 0 Å². The minimum absolute atomic E-state index is 0.143. The highest BCUT2D eigenvalue weighted by Crippen LogP contribution is 2.66. The van der Waals surface area contributed by atoms with E-state index in [4.69, 9.17) is 47.5 Å². The smallest absolute Gasteiger partial charge is 0.327 e. The lowest BCUT2D eigenvalue weighted by Crippen LogP contribution is -2.76. The predicted molar refractivity (Wildman–Crippen MR) is 178 cm³/mol. The first kappa shape index (κ1) is 35.8. The second-order valence-corrected chi connectivity index (χ2v) is 20.0. The summed E-state index contributed by atoms with van der Waals surface area (Å²) in [6.45, 7) is 19.2. The molecule has 8 aliphatic heterocycles. The van der Waals surface area contributed by atoms with Gasteiger partial charge >= 0.3 is 7.60 Å². The second-order valence-electron chi connectivity index (χ2n) is 17.9. The predicted octanol–water partition coefficient (Wildman–Crippen LogP) is 7.90. The third kappa shape index (κ3) is 5.29. The highest BCUT2D eigenvalue weighted by molar-refractivity contribution is 7.52. The molecule has 2 spiro atoms. The van der Waals surface area contributed by atoms with Gasteiger partial charge in [0.15, 0.2) is 11.2 Å². The van der Waals surface area contributed by atoms with Crippen molar-refractivity contribution in [3.63, 3.8) is 0 Å². The van der Waals surface area contributed by atoms with Crippen LogP contribution in [-0.4, -0.2) is 66.4 Å². The van der Waals surface area contributed by atoms with Crippen LogP contribution >= 0.6 is 7.60 Å². The molecule has 10 fully saturated rings. The molecule has 10 aliphatic rings. The van der Waals surface area contributed by atoms with Crippen LogP contribution in [0.4, 0.5) is 0 Å². The Kier molecular flexibility index (Phi) is 8.71. The molecule has 8 saturated heterocycles. The van der Waals surface area contributed by atoms with Gasteiger partial charge in [-0.15, -0.1) is 0 Å². The largest absolute Gasteiger partial charge is 0.344 e. The molecule has 0 aromatic rings. The van der Waals surface area contributed by atoms with E-state index < -0.39 is 41.9 Å². The Morgan fingerprint density at radius 2 is 1.00 bits per heavy atom. The van der Waals surface area contributed by atoms with E-state index in [1.165, 1.54) is 0 Å². The lowest BCUT2D eigenvalue weighted by molar-refractivity contribution is -0.598. The lowest BCUT2D eigenvalue weighted by atomic mass is 9.55. The van der Waals surface area contributed by atoms with Gasteiger partial charge in [-0.2, -0.15) is 0 Å². The molecule has 280 valence electrons. The first-order chi connectivity index (χ1) is 23.0. The number of hydrogen-bond donors (Lipinski definition) is 0. The first-order valence-electron chi connectivity index (χ1n) is 19.4. The lowest BCUT2D eigenvalue weighted by Gasteiger charge is -2.65. The molecule has 0 radical (unpaired) electrons. The van der Waals surface area contributed by atoms with Crippen molar-refractivity contribution in [2.45, 2.75) is 166 Å². The molecular weight excluding hydrogens is 651 g/mol. The summed E-state index contributed by atoms with van der Waals surface area (Å²) in [6.07, 6.45) is 8.74. The summed E-state index contributed by atoms with van der Waals surface area (Å²) in [4.78, 5) is 24.8. The van der Waals surface area contributed by atoms with Gasteiger partial charge < -0.3 is 28.0 Å². The van der Waals surface area contributed by atoms with E-state index in [9.17, 15) is 4.57 Å². The molecule has 11 nitrogen and oxygen atoms in total. The zero-order valence-electron chi connectivity index (χ0n) is 31.2. The summed E-state index contributed by atoms with van der Waals surface area (Å²) in [5.74, 6) is -1.17. The van der Waals surface area contributed by atoms with Crippen LogP contribution in [0.25, 0.3) is 0 Å². The minimum atomic E-state index is -3.34. The second kappa shape index (κ2) is 11.9. The van der Waals surface area contributed by atoms with Crippen molar-refractivity contribution in [3.8, 4) is 0 Å². The normalized spacial score (nSPS) is 57.4. The highest BCUT2D eigenvalue weighted by atomic mass is 31.2. The van der Waals surface area contributed by atoms with Crippen molar-refractivity contribution in [1.82, 2.24) is 0 Å². The van der Waals surface area contributed by atoms with Gasteiger partial charge in [-0.1, -0.05) is 27.7 Å². The topological polar surface area (TPSA) is 109 Å². The highest BCUT2D eigenvalue weighted by Gasteiger charge is 2.76. The molecule has 49 heavy (non-hydrogen) atoms. The van der Waals surface area contributed by atoms with Crippen molar-refractivity contribution in [2.75, 3.05) is 19.9 Å². The first-order valence-corrected chi connectivity index (χ1v) is 21.3. The minimum Gasteiger partial charge on any atom is -0.344 e. The number of fused-ring (bicyclic) bond motifs is 4. The molecule has 8 heterocycles. The van der Waals surface area contributed by atoms with E-state index in [1.54, 1.807) is 6.66 Å². The fourth-order valence-corrected chi connectivity index (χ4v) is 13.4. The summed E-state index contributed by atoms with van der Waals surface area (Å²) in [5.41, 5.74) is -1.30. The maximum absolute atomic E-state index is 13.6. The summed E-state index contributed by atoms with van der Waals surface area (Å²) in [5, 5.41) is 0. The van der Waals surface area contributed by atoms with E-state index in [1.807, 2.05) is 27.7 Å². The standard InChI is InChI=1S/C37H61O11P/c1-22-10-12-28-24(3)30(41-34(7)36(28)26(22)14-18-32(5,43-34)45-47-36)16-20-39-49(9,38)40-21-17-31-25(4)29-13-11-23(2)27-15-19-33(6)44-35(8,42-31)37(27,29)48-46-33/h22-31H,10-21H2,1-9H3/t22-,23-,24-,25-,26?,27?,28?,29?,30-,31-,32+,33+,34-,35-,36-,37-,49?/m1/s1. The molecule has 0 aromatic heterocycles. The molecule has 12 heteroatoms. The molecule has 4 unspecified atom stereocenters. The monoisotopic (exact) mass is 712 g/mol. The average Bonchev–Trinajstić information content (AvgIpc) is 3.37. The summed E-state index contributed by atoms with van der Waals surface area (Å²) >= 11 is 0. The van der Waals surface area contributed by atoms with Crippen LogP contribution in [0, 0.1) is 47.3 Å². The number of ether oxygens (including phenoxy) is 4. The van der Waals surface area contributed by atoms with Crippen LogP contribution in [0.15, 0.2) is 0 Å². The molecule has 0 N–H and O–H groups in total. The van der Waals surface area contributed by atoms with Gasteiger partial charge in [-0.25, -0.2) is 19.6 Å². The maximum Gasteiger partial charge on any atom is 0.327 e. The van der Waals surface area contributed by atoms with Crippen LogP contribution in [-0.2, 0) is 52.1 Å². The molecule has 0 amide bonds. The van der Waals surface area contributed by atoms with Crippen molar-refractivity contribution in [1.29, 1.82) is 0 Å². The Balaban J connectivity index is 0.892. The Bertz CT molecular complexity index is 1240. The summed E-state index contributed by atoms with van der Waals surface area (Å²) < 4.78 is 52.7. The van der Waals surface area contributed by atoms with Gasteiger partial charge in [-0.05, 0) is 115 Å². The van der Waals surface area contributed by atoms with Crippen molar-refractivity contribution in [2.24, 2.45) is 47.3 Å². The Morgan fingerprint density at radius 1 is 0.592 bits per heavy atom. The Hall–Kier alpha value is -0.170. The van der Waals surface area contributed by atoms with Gasteiger partial charge in [0.2, 0.25) is 23.1 Å². The summed E-state index contributed by atoms with van der Waals surface area (Å²) in [6, 6.07) is 0. The van der Waals surface area contributed by atoms with Crippen LogP contribution in [0.5, 0.6) is 0 Å². The number of hydrogen-bond acceptors (Lipinski definition) is 11. The van der Waals surface area contributed by atoms with Crippen LogP contribution in [0.1, 0.15) is 120 Å². The van der Waals surface area contributed by atoms with Crippen molar-refractivity contribution in [3.05, 3.63) is 0 Å². The molecule has 4 bridgehead atoms. The quantitative estimate of drug-likeness (QED) is 0.181. The Morgan fingerprint density at radius 3 is 1.41 bits per heavy atom. The molecule has 16 atom stereocenters. The fourth-order valence-electron chi connectivity index (χ4n) is 12.4. The molecular formula is C37H61O11P. The van der Waals surface area contributed by atoms with E-state index in [-0.39, 0.29) is 49.1 Å². The van der Waals surface area contributed by atoms with Crippen molar-refractivity contribution >= 4 is 7.60 Å². The fraction of sp³-hybridized carbons (Fsp3) is 1.00. The van der Waals surface area contributed by atoms with Gasteiger partial charge in [-0.3, -0.25) is 4.57 Å². The van der Waals surface area contributed by atoms with Crippen LogP contribution < -0.4 is 0 Å². The maximum atomic E-state index is 13.6. The zero-order chi connectivity index (χ0) is 34.8. The SMILES string of the molecule is C[C@@H]1CCC2[C@@H](C)[C@@H](CCOP(C)(=O)OCC[C@H]3O[C@]4(C)O[C@]5(C)CCC6[C@H](C)CCC([C@H]3C)[C@]64OO5)O[C@]3(C)O[C@]4(C)CCC1[C@@]23OO4. The van der Waals surface area contributed by atoms with Gasteiger partial charge in [0.05, 0.1) is 25.4 Å². The van der Waals surface area contributed by atoms with E-state index >= 15 is 0 Å². The molecule has 2 aliphatic carbocycles. The van der Waals surface area contributed by atoms with Gasteiger partial charge in [0.1, 0.15) is 0 Å². The summed E-state index contributed by atoms with van der Waals surface area (Å²) in [7, 11) is -3.34. The van der Waals surface area contributed by atoms with E-state index in [0.717, 1.165) is 51.4 Å². The third-order valence-electron chi connectivity index (χ3n) is 14.9. The average molecular weight is 713 g/mol. The third-order valence-corrected chi connectivity index (χ3v) is 16.2. The van der Waals surface area contributed by atoms with Crippen LogP contribution in [0.3, 0.4) is 0 Å². The van der Waals surface area contributed by atoms with Crippen molar-refractivity contribution < 1.29 is 52.1 Å². The molecule has 10 rings (SSSR count). The van der Waals surface area contributed by atoms with Gasteiger partial charge in [0.25, 0.3) is 0 Å².